The molecule has 3 N–H and O–H groups in total. The summed E-state index contributed by atoms with van der Waals surface area (Å²) in [5.41, 5.74) is 6.65. The van der Waals surface area contributed by atoms with Crippen LogP contribution in [0.2, 0.25) is 0 Å². The van der Waals surface area contributed by atoms with Gasteiger partial charge in [-0.1, -0.05) is 18.2 Å². The molecule has 1 aliphatic rings. The van der Waals surface area contributed by atoms with E-state index in [9.17, 15) is 5.11 Å². The van der Waals surface area contributed by atoms with E-state index in [1.807, 2.05) is 24.3 Å². The fourth-order valence-corrected chi connectivity index (χ4v) is 1.37. The summed E-state index contributed by atoms with van der Waals surface area (Å²) >= 11 is 0. The van der Waals surface area contributed by atoms with Crippen LogP contribution in [0.4, 0.5) is 0 Å². The van der Waals surface area contributed by atoms with Crippen molar-refractivity contribution in [3.05, 3.63) is 29.8 Å². The first kappa shape index (κ1) is 7.58. The van der Waals surface area contributed by atoms with Crippen molar-refractivity contribution in [2.24, 2.45) is 5.73 Å². The van der Waals surface area contributed by atoms with Crippen molar-refractivity contribution in [1.82, 2.24) is 0 Å². The molecule has 0 saturated heterocycles. The standard InChI is InChI=1S/C9H11NO2/c10-9-6-3-1-2-4-8(6)12-5-7(9)11/h1-4,7,9,11H,5,10H2/t7-,9?/m1/s1. The molecule has 0 spiro atoms. The molecule has 12 heavy (non-hydrogen) atoms. The first-order valence-electron chi connectivity index (χ1n) is 3.94. The molecule has 0 aromatic heterocycles. The van der Waals surface area contributed by atoms with Crippen LogP contribution < -0.4 is 10.5 Å². The number of nitrogens with two attached hydrogens (primary N) is 1. The van der Waals surface area contributed by atoms with Crippen LogP contribution >= 0.6 is 0 Å². The average Bonchev–Trinajstić information content (AvgIpc) is 2.12. The summed E-state index contributed by atoms with van der Waals surface area (Å²) in [4.78, 5) is 0. The first-order chi connectivity index (χ1) is 5.79. The zero-order valence-electron chi connectivity index (χ0n) is 6.60. The van der Waals surface area contributed by atoms with Gasteiger partial charge in [-0.25, -0.2) is 0 Å². The molecule has 1 unspecified atom stereocenters. The van der Waals surface area contributed by atoms with E-state index in [0.717, 1.165) is 11.3 Å². The summed E-state index contributed by atoms with van der Waals surface area (Å²) in [6.07, 6.45) is -0.583. The number of para-hydroxylation sites is 1. The zero-order chi connectivity index (χ0) is 8.55. The minimum Gasteiger partial charge on any atom is -0.490 e. The molecule has 0 fully saturated rings. The molecule has 0 amide bonds. The zero-order valence-corrected chi connectivity index (χ0v) is 6.60. The molecule has 1 aliphatic heterocycles. The predicted octanol–water partition coefficient (Wildman–Crippen LogP) is 0.440. The van der Waals surface area contributed by atoms with Crippen LogP contribution in [0, 0.1) is 0 Å². The number of ether oxygens (including phenoxy) is 1. The highest BCUT2D eigenvalue weighted by Crippen LogP contribution is 2.29. The SMILES string of the molecule is NC1c2ccccc2OC[C@H]1O. The van der Waals surface area contributed by atoms with Gasteiger partial charge in [-0.3, -0.25) is 0 Å². The van der Waals surface area contributed by atoms with Crippen molar-refractivity contribution in [3.8, 4) is 5.75 Å². The Labute approximate surface area is 70.8 Å². The Balaban J connectivity index is 2.42. The molecule has 1 aromatic rings. The lowest BCUT2D eigenvalue weighted by Crippen LogP contribution is -2.35. The van der Waals surface area contributed by atoms with Crippen LogP contribution in [0.15, 0.2) is 24.3 Å². The molecule has 2 atom stereocenters. The van der Waals surface area contributed by atoms with Gasteiger partial charge >= 0.3 is 0 Å². The monoisotopic (exact) mass is 165 g/mol. The molecule has 0 aliphatic carbocycles. The lowest BCUT2D eigenvalue weighted by atomic mass is 9.99. The maximum Gasteiger partial charge on any atom is 0.124 e. The third-order valence-corrected chi connectivity index (χ3v) is 2.10. The molecule has 0 bridgehead atoms. The Hall–Kier alpha value is -1.06. The first-order valence-corrected chi connectivity index (χ1v) is 3.94. The number of aliphatic hydroxyl groups is 1. The second kappa shape index (κ2) is 2.77. The van der Waals surface area contributed by atoms with Crippen LogP contribution in [0.25, 0.3) is 0 Å². The van der Waals surface area contributed by atoms with Gasteiger partial charge in [0.15, 0.2) is 0 Å². The third-order valence-electron chi connectivity index (χ3n) is 2.10. The summed E-state index contributed by atoms with van der Waals surface area (Å²) in [5, 5.41) is 9.37. The Morgan fingerprint density at radius 2 is 2.17 bits per heavy atom. The van der Waals surface area contributed by atoms with Crippen LogP contribution in [-0.4, -0.2) is 17.8 Å². The van der Waals surface area contributed by atoms with Crippen molar-refractivity contribution in [2.75, 3.05) is 6.61 Å². The van der Waals surface area contributed by atoms with Gasteiger partial charge in [-0.15, -0.1) is 0 Å². The Bertz CT molecular complexity index is 288. The van der Waals surface area contributed by atoms with Gasteiger partial charge in [-0.2, -0.15) is 0 Å². The summed E-state index contributed by atoms with van der Waals surface area (Å²) in [5.74, 6) is 0.787. The van der Waals surface area contributed by atoms with Crippen LogP contribution in [0.1, 0.15) is 11.6 Å². The average molecular weight is 165 g/mol. The summed E-state index contributed by atoms with van der Waals surface area (Å²) in [6.45, 7) is 0.290. The lowest BCUT2D eigenvalue weighted by Gasteiger charge is -2.27. The van der Waals surface area contributed by atoms with E-state index < -0.39 is 6.10 Å². The van der Waals surface area contributed by atoms with E-state index in [0.29, 0.717) is 0 Å². The van der Waals surface area contributed by atoms with E-state index in [4.69, 9.17) is 10.5 Å². The highest BCUT2D eigenvalue weighted by Gasteiger charge is 2.25. The van der Waals surface area contributed by atoms with Gasteiger partial charge in [0.2, 0.25) is 0 Å². The Kier molecular flexibility index (Phi) is 1.75. The second-order valence-corrected chi connectivity index (χ2v) is 2.94. The maximum absolute atomic E-state index is 9.37. The number of rotatable bonds is 0. The molecule has 1 heterocycles. The number of benzene rings is 1. The van der Waals surface area contributed by atoms with Crippen molar-refractivity contribution >= 4 is 0 Å². The van der Waals surface area contributed by atoms with Gasteiger partial charge < -0.3 is 15.6 Å². The molecule has 3 nitrogen and oxygen atoms in total. The van der Waals surface area contributed by atoms with E-state index in [1.54, 1.807) is 0 Å². The fourth-order valence-electron chi connectivity index (χ4n) is 1.37. The molecular formula is C9H11NO2. The van der Waals surface area contributed by atoms with Gasteiger partial charge in [0.1, 0.15) is 18.5 Å². The Morgan fingerprint density at radius 3 is 3.00 bits per heavy atom. The smallest absolute Gasteiger partial charge is 0.124 e. The molecule has 64 valence electrons. The van der Waals surface area contributed by atoms with E-state index in [2.05, 4.69) is 0 Å². The van der Waals surface area contributed by atoms with Crippen molar-refractivity contribution in [3.63, 3.8) is 0 Å². The molecular weight excluding hydrogens is 154 g/mol. The van der Waals surface area contributed by atoms with Gasteiger partial charge in [0, 0.05) is 5.56 Å². The highest BCUT2D eigenvalue weighted by atomic mass is 16.5. The van der Waals surface area contributed by atoms with Crippen LogP contribution in [-0.2, 0) is 0 Å². The molecule has 0 radical (unpaired) electrons. The van der Waals surface area contributed by atoms with Crippen molar-refractivity contribution < 1.29 is 9.84 Å². The summed E-state index contributed by atoms with van der Waals surface area (Å²) in [6, 6.07) is 7.21. The van der Waals surface area contributed by atoms with Crippen molar-refractivity contribution in [2.45, 2.75) is 12.1 Å². The van der Waals surface area contributed by atoms with E-state index >= 15 is 0 Å². The second-order valence-electron chi connectivity index (χ2n) is 2.94. The van der Waals surface area contributed by atoms with Crippen LogP contribution in [0.3, 0.4) is 0 Å². The number of hydrogen-bond donors (Lipinski definition) is 2. The fraction of sp³-hybridized carbons (Fsp3) is 0.333. The minimum atomic E-state index is -0.583. The molecule has 0 saturated carbocycles. The Morgan fingerprint density at radius 1 is 1.42 bits per heavy atom. The minimum absolute atomic E-state index is 0.290. The quantitative estimate of drug-likeness (QED) is 0.586. The summed E-state index contributed by atoms with van der Waals surface area (Å²) < 4.78 is 5.28. The van der Waals surface area contributed by atoms with Gasteiger partial charge in [-0.05, 0) is 6.07 Å². The van der Waals surface area contributed by atoms with E-state index in [-0.39, 0.29) is 12.6 Å². The number of hydrogen-bond acceptors (Lipinski definition) is 3. The van der Waals surface area contributed by atoms with Gasteiger partial charge in [0.25, 0.3) is 0 Å². The summed E-state index contributed by atoms with van der Waals surface area (Å²) in [7, 11) is 0. The number of aliphatic hydroxyl groups excluding tert-OH is 1. The molecule has 3 heteroatoms. The molecule has 1 aromatic carbocycles. The van der Waals surface area contributed by atoms with Gasteiger partial charge in [0.05, 0.1) is 6.04 Å². The van der Waals surface area contributed by atoms with Crippen LogP contribution in [0.5, 0.6) is 5.75 Å². The molecule has 2 rings (SSSR count). The maximum atomic E-state index is 9.37. The lowest BCUT2D eigenvalue weighted by molar-refractivity contribution is 0.0679. The highest BCUT2D eigenvalue weighted by molar-refractivity contribution is 5.37. The van der Waals surface area contributed by atoms with Crippen molar-refractivity contribution in [1.29, 1.82) is 0 Å². The predicted molar refractivity (Wildman–Crippen MR) is 44.9 cm³/mol. The largest absolute Gasteiger partial charge is 0.490 e. The number of fused-ring (bicyclic) bond motifs is 1. The third kappa shape index (κ3) is 1.07. The normalized spacial score (nSPS) is 27.5. The van der Waals surface area contributed by atoms with E-state index in [1.165, 1.54) is 0 Å². The topological polar surface area (TPSA) is 55.5 Å².